The second-order valence-electron chi connectivity index (χ2n) is 4.99. The van der Waals surface area contributed by atoms with Gasteiger partial charge in [0.2, 0.25) is 10.0 Å². The van der Waals surface area contributed by atoms with Crippen molar-refractivity contribution in [1.82, 2.24) is 4.31 Å². The summed E-state index contributed by atoms with van der Waals surface area (Å²) in [4.78, 5) is 0. The van der Waals surface area contributed by atoms with Crippen LogP contribution in [0.2, 0.25) is 0 Å². The summed E-state index contributed by atoms with van der Waals surface area (Å²) < 4.78 is 39.1. The van der Waals surface area contributed by atoms with E-state index in [1.54, 1.807) is 38.2 Å². The van der Waals surface area contributed by atoms with Crippen molar-refractivity contribution in [2.75, 3.05) is 7.05 Å². The van der Waals surface area contributed by atoms with E-state index in [2.05, 4.69) is 0 Å². The number of halogens is 1. The van der Waals surface area contributed by atoms with Crippen LogP contribution in [0.25, 0.3) is 0 Å². The van der Waals surface area contributed by atoms with E-state index in [1.807, 2.05) is 18.2 Å². The Bertz CT molecular complexity index is 684. The lowest BCUT2D eigenvalue weighted by Gasteiger charge is -2.24. The molecule has 2 aromatic rings. The maximum atomic E-state index is 12.9. The van der Waals surface area contributed by atoms with Gasteiger partial charge in [0, 0.05) is 13.1 Å². The molecule has 0 aliphatic rings. The van der Waals surface area contributed by atoms with Crippen LogP contribution in [0.3, 0.4) is 0 Å². The number of hydrogen-bond donors (Lipinski definition) is 0. The minimum absolute atomic E-state index is 0.0458. The molecule has 0 spiro atoms. The summed E-state index contributed by atoms with van der Waals surface area (Å²) >= 11 is 0. The predicted molar refractivity (Wildman–Crippen MR) is 81.6 cm³/mol. The molecule has 0 amide bonds. The van der Waals surface area contributed by atoms with Crippen LogP contribution < -0.4 is 0 Å². The third-order valence-corrected chi connectivity index (χ3v) is 5.42. The van der Waals surface area contributed by atoms with Gasteiger partial charge in [0.25, 0.3) is 0 Å². The SMILES string of the molecule is C[C@H](c1ccc(F)cc1)N(C)S(=O)(=O)Cc1ccccc1. The molecule has 1 atom stereocenters. The zero-order valence-electron chi connectivity index (χ0n) is 12.0. The topological polar surface area (TPSA) is 37.4 Å². The maximum Gasteiger partial charge on any atom is 0.218 e. The molecule has 0 saturated carbocycles. The van der Waals surface area contributed by atoms with Crippen LogP contribution in [0.1, 0.15) is 24.1 Å². The molecule has 0 unspecified atom stereocenters. The minimum atomic E-state index is -3.43. The van der Waals surface area contributed by atoms with Crippen LogP contribution in [-0.2, 0) is 15.8 Å². The quantitative estimate of drug-likeness (QED) is 0.849. The van der Waals surface area contributed by atoms with Gasteiger partial charge in [0.15, 0.2) is 0 Å². The summed E-state index contributed by atoms with van der Waals surface area (Å²) in [5.41, 5.74) is 1.51. The first-order valence-corrected chi connectivity index (χ1v) is 8.26. The van der Waals surface area contributed by atoms with Gasteiger partial charge in [-0.05, 0) is 30.2 Å². The minimum Gasteiger partial charge on any atom is -0.212 e. The molecule has 2 rings (SSSR count). The Morgan fingerprint density at radius 3 is 2.19 bits per heavy atom. The highest BCUT2D eigenvalue weighted by atomic mass is 32.2. The fourth-order valence-corrected chi connectivity index (χ4v) is 3.50. The van der Waals surface area contributed by atoms with Gasteiger partial charge in [0.05, 0.1) is 5.75 Å². The van der Waals surface area contributed by atoms with E-state index >= 15 is 0 Å². The van der Waals surface area contributed by atoms with Gasteiger partial charge < -0.3 is 0 Å². The fourth-order valence-electron chi connectivity index (χ4n) is 2.08. The highest BCUT2D eigenvalue weighted by Gasteiger charge is 2.24. The number of sulfonamides is 1. The summed E-state index contributed by atoms with van der Waals surface area (Å²) in [6.07, 6.45) is 0. The molecule has 2 aromatic carbocycles. The standard InChI is InChI=1S/C16H18FNO2S/c1-13(15-8-10-16(17)11-9-15)18(2)21(19,20)12-14-6-4-3-5-7-14/h3-11,13H,12H2,1-2H3/t13-/m1/s1. The van der Waals surface area contributed by atoms with Crippen molar-refractivity contribution in [3.63, 3.8) is 0 Å². The van der Waals surface area contributed by atoms with Crippen LogP contribution >= 0.6 is 0 Å². The summed E-state index contributed by atoms with van der Waals surface area (Å²) in [6, 6.07) is 14.6. The van der Waals surface area contributed by atoms with Gasteiger partial charge in [-0.25, -0.2) is 12.8 Å². The van der Waals surface area contributed by atoms with Crippen molar-refractivity contribution in [3.8, 4) is 0 Å². The number of benzene rings is 2. The Morgan fingerprint density at radius 1 is 1.05 bits per heavy atom. The van der Waals surface area contributed by atoms with Crippen molar-refractivity contribution >= 4 is 10.0 Å². The lowest BCUT2D eigenvalue weighted by atomic mass is 10.1. The highest BCUT2D eigenvalue weighted by molar-refractivity contribution is 7.88. The van der Waals surface area contributed by atoms with Gasteiger partial charge in [-0.2, -0.15) is 4.31 Å². The molecule has 0 radical (unpaired) electrons. The molecule has 0 aliphatic heterocycles. The summed E-state index contributed by atoms with van der Waals surface area (Å²) in [7, 11) is -1.88. The smallest absolute Gasteiger partial charge is 0.212 e. The van der Waals surface area contributed by atoms with Crippen LogP contribution in [0.15, 0.2) is 54.6 Å². The van der Waals surface area contributed by atoms with E-state index in [4.69, 9.17) is 0 Å². The average Bonchev–Trinajstić information content (AvgIpc) is 2.47. The Kier molecular flexibility index (Phi) is 4.75. The number of nitrogens with zero attached hydrogens (tertiary/aromatic N) is 1. The molecular weight excluding hydrogens is 289 g/mol. The summed E-state index contributed by atoms with van der Waals surface area (Å²) in [6.45, 7) is 1.79. The van der Waals surface area contributed by atoms with Crippen LogP contribution in [0.4, 0.5) is 4.39 Å². The van der Waals surface area contributed by atoms with Gasteiger partial charge in [-0.3, -0.25) is 0 Å². The molecule has 0 aliphatic carbocycles. The first-order valence-electron chi connectivity index (χ1n) is 6.65. The number of rotatable bonds is 5. The van der Waals surface area contributed by atoms with E-state index in [0.717, 1.165) is 11.1 Å². The van der Waals surface area contributed by atoms with Crippen molar-refractivity contribution in [3.05, 3.63) is 71.5 Å². The van der Waals surface area contributed by atoms with Crippen molar-refractivity contribution in [2.45, 2.75) is 18.7 Å². The number of hydrogen-bond acceptors (Lipinski definition) is 2. The zero-order chi connectivity index (χ0) is 15.5. The van der Waals surface area contributed by atoms with Gasteiger partial charge in [0.1, 0.15) is 5.82 Å². The third-order valence-electron chi connectivity index (χ3n) is 3.53. The average molecular weight is 307 g/mol. The molecule has 0 aromatic heterocycles. The van der Waals surface area contributed by atoms with Crippen molar-refractivity contribution < 1.29 is 12.8 Å². The molecule has 112 valence electrons. The van der Waals surface area contributed by atoms with E-state index in [0.29, 0.717) is 0 Å². The Morgan fingerprint density at radius 2 is 1.62 bits per heavy atom. The molecule has 21 heavy (non-hydrogen) atoms. The summed E-state index contributed by atoms with van der Waals surface area (Å²) in [5, 5.41) is 0. The summed E-state index contributed by atoms with van der Waals surface area (Å²) in [5.74, 6) is -0.378. The maximum absolute atomic E-state index is 12.9. The van der Waals surface area contributed by atoms with Crippen LogP contribution in [0.5, 0.6) is 0 Å². The van der Waals surface area contributed by atoms with Gasteiger partial charge >= 0.3 is 0 Å². The zero-order valence-corrected chi connectivity index (χ0v) is 12.8. The van der Waals surface area contributed by atoms with E-state index in [1.165, 1.54) is 16.4 Å². The largest absolute Gasteiger partial charge is 0.218 e. The molecule has 0 saturated heterocycles. The normalized spacial score (nSPS) is 13.3. The van der Waals surface area contributed by atoms with E-state index in [9.17, 15) is 12.8 Å². The molecule has 0 bridgehead atoms. The van der Waals surface area contributed by atoms with E-state index < -0.39 is 10.0 Å². The first-order chi connectivity index (χ1) is 9.90. The fraction of sp³-hybridized carbons (Fsp3) is 0.250. The molecular formula is C16H18FNO2S. The van der Waals surface area contributed by atoms with Gasteiger partial charge in [-0.1, -0.05) is 42.5 Å². The lowest BCUT2D eigenvalue weighted by Crippen LogP contribution is -2.30. The molecule has 3 nitrogen and oxygen atoms in total. The predicted octanol–water partition coefficient (Wildman–Crippen LogP) is 3.35. The molecule has 5 heteroatoms. The van der Waals surface area contributed by atoms with Crippen molar-refractivity contribution in [1.29, 1.82) is 0 Å². The Labute approximate surface area is 125 Å². The van der Waals surface area contributed by atoms with Crippen LogP contribution in [0, 0.1) is 5.82 Å². The molecule has 0 N–H and O–H groups in total. The Hall–Kier alpha value is -1.72. The molecule has 0 fully saturated rings. The van der Waals surface area contributed by atoms with Crippen LogP contribution in [-0.4, -0.2) is 19.8 Å². The van der Waals surface area contributed by atoms with E-state index in [-0.39, 0.29) is 17.6 Å². The van der Waals surface area contributed by atoms with Gasteiger partial charge in [-0.15, -0.1) is 0 Å². The third kappa shape index (κ3) is 3.89. The second-order valence-corrected chi connectivity index (χ2v) is 7.01. The Balaban J connectivity index is 2.17. The lowest BCUT2D eigenvalue weighted by molar-refractivity contribution is 0.397. The second kappa shape index (κ2) is 6.37. The van der Waals surface area contributed by atoms with Crippen molar-refractivity contribution in [2.24, 2.45) is 0 Å². The monoisotopic (exact) mass is 307 g/mol. The molecule has 0 heterocycles. The first kappa shape index (κ1) is 15.7. The highest BCUT2D eigenvalue weighted by Crippen LogP contribution is 2.23.